The quantitative estimate of drug-likeness (QED) is 0.797. The molecule has 2 atom stereocenters. The van der Waals surface area contributed by atoms with Crippen LogP contribution in [-0.2, 0) is 14.1 Å². The number of thiazole rings is 1. The average molecular weight is 402 g/mol. The minimum atomic E-state index is -0.469. The molecule has 28 heavy (non-hydrogen) atoms. The molecule has 1 N–H and O–H groups in total. The molecule has 0 bridgehead atoms. The highest BCUT2D eigenvalue weighted by molar-refractivity contribution is 7.19. The number of benzene rings is 1. The molecule has 1 amide bonds. The van der Waals surface area contributed by atoms with Crippen molar-refractivity contribution in [3.05, 3.63) is 17.1 Å². The molecule has 1 aromatic carbocycles. The molecular formula is C20H27BN2O4S. The lowest BCUT2D eigenvalue weighted by atomic mass is 9.79. The number of aryl methyl sites for hydroxylation is 1. The Morgan fingerprint density at radius 1 is 1.29 bits per heavy atom. The van der Waals surface area contributed by atoms with Crippen molar-refractivity contribution in [3.63, 3.8) is 0 Å². The molecule has 3 heterocycles. The first kappa shape index (κ1) is 19.7. The summed E-state index contributed by atoms with van der Waals surface area (Å²) in [4.78, 5) is 16.2. The van der Waals surface area contributed by atoms with Crippen LogP contribution in [-0.4, -0.2) is 41.9 Å². The van der Waals surface area contributed by atoms with Gasteiger partial charge in [0, 0.05) is 18.9 Å². The molecule has 0 spiro atoms. The fraction of sp³-hybridized carbons (Fsp3) is 0.600. The van der Waals surface area contributed by atoms with E-state index in [0.717, 1.165) is 26.4 Å². The van der Waals surface area contributed by atoms with Gasteiger partial charge in [-0.15, -0.1) is 11.3 Å². The number of carbonyl (C=O) groups is 1. The smallest absolute Gasteiger partial charge is 0.489 e. The molecule has 6 nitrogen and oxygen atoms in total. The summed E-state index contributed by atoms with van der Waals surface area (Å²) in [7, 11) is -0.469. The van der Waals surface area contributed by atoms with Crippen molar-refractivity contribution >= 4 is 40.0 Å². The van der Waals surface area contributed by atoms with Crippen molar-refractivity contribution in [3.8, 4) is 5.75 Å². The van der Waals surface area contributed by atoms with E-state index < -0.39 is 18.3 Å². The Morgan fingerprint density at radius 2 is 1.96 bits per heavy atom. The number of carbonyl (C=O) groups excluding carboxylic acids is 1. The zero-order valence-corrected chi connectivity index (χ0v) is 18.1. The van der Waals surface area contributed by atoms with Crippen LogP contribution >= 0.6 is 11.3 Å². The molecule has 1 aromatic heterocycles. The average Bonchev–Trinajstić information content (AvgIpc) is 3.23. The Kier molecular flexibility index (Phi) is 4.72. The highest BCUT2D eigenvalue weighted by Gasteiger charge is 2.52. The summed E-state index contributed by atoms with van der Waals surface area (Å²) in [6.07, 6.45) is 0.418. The van der Waals surface area contributed by atoms with Gasteiger partial charge in [-0.1, -0.05) is 0 Å². The molecule has 2 aromatic rings. The SMILES string of the molecule is Cc1nc2cc(B3OC(C)(C)C(C)(C)O3)cc(OC(C)[C@H]3CNC(=O)C3)c2s1. The van der Waals surface area contributed by atoms with E-state index in [1.807, 2.05) is 53.7 Å². The van der Waals surface area contributed by atoms with Gasteiger partial charge in [-0.05, 0) is 59.1 Å². The van der Waals surface area contributed by atoms with Gasteiger partial charge < -0.3 is 19.4 Å². The van der Waals surface area contributed by atoms with E-state index in [9.17, 15) is 4.79 Å². The third kappa shape index (κ3) is 3.42. The molecule has 2 fully saturated rings. The minimum Gasteiger partial charge on any atom is -0.489 e. The molecular weight excluding hydrogens is 375 g/mol. The van der Waals surface area contributed by atoms with Gasteiger partial charge in [0.2, 0.25) is 5.91 Å². The predicted octanol–water partition coefficient (Wildman–Crippen LogP) is 2.81. The van der Waals surface area contributed by atoms with Crippen LogP contribution in [0.4, 0.5) is 0 Å². The Morgan fingerprint density at radius 3 is 2.57 bits per heavy atom. The highest BCUT2D eigenvalue weighted by Crippen LogP contribution is 2.38. The van der Waals surface area contributed by atoms with Gasteiger partial charge in [0.1, 0.15) is 11.9 Å². The third-order valence-corrected chi connectivity index (χ3v) is 7.10. The van der Waals surface area contributed by atoms with Crippen LogP contribution in [0.5, 0.6) is 5.75 Å². The lowest BCUT2D eigenvalue weighted by molar-refractivity contribution is -0.119. The van der Waals surface area contributed by atoms with Crippen molar-refractivity contribution in [2.75, 3.05) is 6.54 Å². The van der Waals surface area contributed by atoms with Gasteiger partial charge in [-0.2, -0.15) is 0 Å². The van der Waals surface area contributed by atoms with Crippen LogP contribution in [0.2, 0.25) is 0 Å². The van der Waals surface area contributed by atoms with Crippen LogP contribution in [0.3, 0.4) is 0 Å². The predicted molar refractivity (Wildman–Crippen MR) is 111 cm³/mol. The largest absolute Gasteiger partial charge is 0.495 e. The number of nitrogens with zero attached hydrogens (tertiary/aromatic N) is 1. The van der Waals surface area contributed by atoms with E-state index >= 15 is 0 Å². The second-order valence-electron chi connectivity index (χ2n) is 8.78. The number of hydrogen-bond acceptors (Lipinski definition) is 6. The van der Waals surface area contributed by atoms with Crippen molar-refractivity contribution in [1.82, 2.24) is 10.3 Å². The van der Waals surface area contributed by atoms with E-state index in [1.54, 1.807) is 11.3 Å². The molecule has 8 heteroatoms. The fourth-order valence-electron chi connectivity index (χ4n) is 3.59. The Labute approximate surface area is 170 Å². The van der Waals surface area contributed by atoms with Crippen LogP contribution in [0.15, 0.2) is 12.1 Å². The summed E-state index contributed by atoms with van der Waals surface area (Å²) in [5, 5.41) is 3.87. The molecule has 2 aliphatic heterocycles. The summed E-state index contributed by atoms with van der Waals surface area (Å²) in [6, 6.07) is 4.03. The number of ether oxygens (including phenoxy) is 1. The maximum Gasteiger partial charge on any atom is 0.495 e. The van der Waals surface area contributed by atoms with E-state index in [4.69, 9.17) is 14.0 Å². The summed E-state index contributed by atoms with van der Waals surface area (Å²) >= 11 is 1.61. The lowest BCUT2D eigenvalue weighted by Gasteiger charge is -2.32. The Balaban J connectivity index is 1.67. The first-order valence-corrected chi connectivity index (χ1v) is 10.6. The van der Waals surface area contributed by atoms with Crippen molar-refractivity contribution in [1.29, 1.82) is 0 Å². The number of fused-ring (bicyclic) bond motifs is 1. The molecule has 0 saturated carbocycles. The van der Waals surface area contributed by atoms with Crippen LogP contribution in [0, 0.1) is 12.8 Å². The molecule has 150 valence electrons. The normalized spacial score (nSPS) is 24.6. The Hall–Kier alpha value is -1.64. The fourth-order valence-corrected chi connectivity index (χ4v) is 4.45. The third-order valence-electron chi connectivity index (χ3n) is 6.10. The lowest BCUT2D eigenvalue weighted by Crippen LogP contribution is -2.41. The van der Waals surface area contributed by atoms with Crippen LogP contribution < -0.4 is 15.5 Å². The second-order valence-corrected chi connectivity index (χ2v) is 9.98. The number of rotatable bonds is 4. The second kappa shape index (κ2) is 6.71. The summed E-state index contributed by atoms with van der Waals surface area (Å²) < 4.78 is 19.8. The number of hydrogen-bond donors (Lipinski definition) is 1. The molecule has 2 aliphatic rings. The number of aromatic nitrogens is 1. The molecule has 4 rings (SSSR count). The number of nitrogens with one attached hydrogen (secondary N) is 1. The standard InChI is InChI=1S/C20H27BN2O4S/c1-11(13-7-17(24)22-10-13)25-16-9-14(8-15-18(16)28-12(2)23-15)21-26-19(3,4)20(5,6)27-21/h8-9,11,13H,7,10H2,1-6H3,(H,22,24)/t11?,13-/m1/s1. The van der Waals surface area contributed by atoms with E-state index in [-0.39, 0.29) is 17.9 Å². The van der Waals surface area contributed by atoms with E-state index in [1.165, 1.54) is 0 Å². The monoisotopic (exact) mass is 402 g/mol. The minimum absolute atomic E-state index is 0.0851. The maximum absolute atomic E-state index is 11.6. The van der Waals surface area contributed by atoms with Crippen molar-refractivity contribution < 1.29 is 18.8 Å². The molecule has 1 unspecified atom stereocenters. The first-order chi connectivity index (χ1) is 13.1. The van der Waals surface area contributed by atoms with Crippen LogP contribution in [0.25, 0.3) is 10.2 Å². The van der Waals surface area contributed by atoms with E-state index in [0.29, 0.717) is 13.0 Å². The first-order valence-electron chi connectivity index (χ1n) is 9.76. The Bertz CT molecular complexity index is 910. The van der Waals surface area contributed by atoms with E-state index in [2.05, 4.69) is 10.3 Å². The highest BCUT2D eigenvalue weighted by atomic mass is 32.1. The van der Waals surface area contributed by atoms with Crippen molar-refractivity contribution in [2.45, 2.75) is 65.3 Å². The van der Waals surface area contributed by atoms with Gasteiger partial charge >= 0.3 is 7.12 Å². The van der Waals surface area contributed by atoms with Gasteiger partial charge in [-0.25, -0.2) is 4.98 Å². The van der Waals surface area contributed by atoms with Gasteiger partial charge in [0.05, 0.1) is 26.4 Å². The van der Waals surface area contributed by atoms with Gasteiger partial charge in [0.25, 0.3) is 0 Å². The zero-order valence-electron chi connectivity index (χ0n) is 17.3. The molecule has 2 saturated heterocycles. The van der Waals surface area contributed by atoms with Crippen LogP contribution in [0.1, 0.15) is 46.0 Å². The summed E-state index contributed by atoms with van der Waals surface area (Å²) in [6.45, 7) is 12.8. The zero-order chi connectivity index (χ0) is 20.3. The number of amides is 1. The molecule has 0 radical (unpaired) electrons. The van der Waals surface area contributed by atoms with Gasteiger partial charge in [-0.3, -0.25) is 4.79 Å². The van der Waals surface area contributed by atoms with Crippen molar-refractivity contribution in [2.24, 2.45) is 5.92 Å². The van der Waals surface area contributed by atoms with Gasteiger partial charge in [0.15, 0.2) is 0 Å². The maximum atomic E-state index is 11.6. The summed E-state index contributed by atoms with van der Waals surface area (Å²) in [5.41, 5.74) is 0.973. The topological polar surface area (TPSA) is 69.7 Å². The summed E-state index contributed by atoms with van der Waals surface area (Å²) in [5.74, 6) is 1.03. The molecule has 0 aliphatic carbocycles.